The highest BCUT2D eigenvalue weighted by Gasteiger charge is 2.30. The Bertz CT molecular complexity index is 334. The lowest BCUT2D eigenvalue weighted by atomic mass is 10.1. The van der Waals surface area contributed by atoms with Crippen LogP contribution in [0.1, 0.15) is 37.9 Å². The van der Waals surface area contributed by atoms with Crippen LogP contribution in [-0.4, -0.2) is 29.6 Å². The number of hydrogen-bond acceptors (Lipinski definition) is 2. The van der Waals surface area contributed by atoms with E-state index in [0.29, 0.717) is 6.04 Å². The van der Waals surface area contributed by atoms with Gasteiger partial charge in [0.05, 0.1) is 6.10 Å². The fourth-order valence-electron chi connectivity index (χ4n) is 2.31. The Labute approximate surface area is 104 Å². The van der Waals surface area contributed by atoms with Gasteiger partial charge in [-0.05, 0) is 44.7 Å². The molecule has 94 valence electrons. The van der Waals surface area contributed by atoms with Crippen molar-refractivity contribution < 1.29 is 5.11 Å². The Morgan fingerprint density at radius 3 is 2.53 bits per heavy atom. The van der Waals surface area contributed by atoms with Crippen LogP contribution in [0.15, 0.2) is 30.3 Å². The summed E-state index contributed by atoms with van der Waals surface area (Å²) in [5, 5.41) is 10.1. The number of aliphatic hydroxyl groups is 1. The van der Waals surface area contributed by atoms with E-state index in [4.69, 9.17) is 0 Å². The van der Waals surface area contributed by atoms with Crippen LogP contribution in [0, 0.1) is 5.92 Å². The molecule has 1 aromatic carbocycles. The fourth-order valence-corrected chi connectivity index (χ4v) is 2.31. The van der Waals surface area contributed by atoms with Crippen molar-refractivity contribution in [2.75, 3.05) is 13.6 Å². The molecule has 0 spiro atoms. The van der Waals surface area contributed by atoms with Crippen LogP contribution in [0.2, 0.25) is 0 Å². The molecule has 2 nitrogen and oxygen atoms in total. The molecule has 1 aromatic rings. The third-order valence-electron chi connectivity index (χ3n) is 3.94. The zero-order valence-corrected chi connectivity index (χ0v) is 10.8. The Kier molecular flexibility index (Phi) is 4.19. The first kappa shape index (κ1) is 12.6. The largest absolute Gasteiger partial charge is 0.388 e. The van der Waals surface area contributed by atoms with E-state index >= 15 is 0 Å². The highest BCUT2D eigenvalue weighted by atomic mass is 16.3. The summed E-state index contributed by atoms with van der Waals surface area (Å²) < 4.78 is 0. The molecule has 0 aliphatic heterocycles. The summed E-state index contributed by atoms with van der Waals surface area (Å²) in [6.07, 6.45) is 3.25. The normalized spacial score (nSPS) is 19.3. The van der Waals surface area contributed by atoms with Crippen LogP contribution in [0.25, 0.3) is 0 Å². The maximum Gasteiger partial charge on any atom is 0.0802 e. The first-order valence-corrected chi connectivity index (χ1v) is 6.61. The number of hydrogen-bond donors (Lipinski definition) is 1. The average Bonchev–Trinajstić information content (AvgIpc) is 3.20. The van der Waals surface area contributed by atoms with Gasteiger partial charge in [0, 0.05) is 12.6 Å². The van der Waals surface area contributed by atoms with Crippen molar-refractivity contribution in [3.05, 3.63) is 35.9 Å². The van der Waals surface area contributed by atoms with Crippen molar-refractivity contribution in [3.63, 3.8) is 0 Å². The van der Waals surface area contributed by atoms with Crippen LogP contribution in [-0.2, 0) is 0 Å². The summed E-state index contributed by atoms with van der Waals surface area (Å²) in [6.45, 7) is 3.26. The van der Waals surface area contributed by atoms with Gasteiger partial charge in [0.15, 0.2) is 0 Å². The lowest BCUT2D eigenvalue weighted by Gasteiger charge is -2.25. The van der Waals surface area contributed by atoms with Crippen molar-refractivity contribution in [1.29, 1.82) is 0 Å². The second kappa shape index (κ2) is 5.65. The van der Waals surface area contributed by atoms with E-state index in [1.165, 1.54) is 12.8 Å². The van der Waals surface area contributed by atoms with E-state index in [1.807, 2.05) is 30.3 Å². The summed E-state index contributed by atoms with van der Waals surface area (Å²) in [5.41, 5.74) is 1.03. The maximum atomic E-state index is 10.1. The SMILES string of the molecule is CC(C1CC1)N(C)CCC(O)c1ccccc1. The summed E-state index contributed by atoms with van der Waals surface area (Å²) in [7, 11) is 2.17. The smallest absolute Gasteiger partial charge is 0.0802 e. The Morgan fingerprint density at radius 1 is 1.29 bits per heavy atom. The lowest BCUT2D eigenvalue weighted by Crippen LogP contribution is -2.32. The third kappa shape index (κ3) is 3.55. The maximum absolute atomic E-state index is 10.1. The van der Waals surface area contributed by atoms with Crippen LogP contribution < -0.4 is 0 Å². The molecule has 1 N–H and O–H groups in total. The van der Waals surface area contributed by atoms with Crippen LogP contribution in [0.4, 0.5) is 0 Å². The van der Waals surface area contributed by atoms with Gasteiger partial charge >= 0.3 is 0 Å². The Balaban J connectivity index is 1.77. The summed E-state index contributed by atoms with van der Waals surface area (Å²) in [6, 6.07) is 10.6. The van der Waals surface area contributed by atoms with Crippen LogP contribution in [0.3, 0.4) is 0 Å². The van der Waals surface area contributed by atoms with Crippen molar-refractivity contribution >= 4 is 0 Å². The molecule has 2 atom stereocenters. The minimum Gasteiger partial charge on any atom is -0.388 e. The minimum absolute atomic E-state index is 0.329. The summed E-state index contributed by atoms with van der Waals surface area (Å²) in [5.74, 6) is 0.897. The number of benzene rings is 1. The number of nitrogens with zero attached hydrogens (tertiary/aromatic N) is 1. The predicted molar refractivity (Wildman–Crippen MR) is 70.8 cm³/mol. The van der Waals surface area contributed by atoms with Crippen LogP contribution in [0.5, 0.6) is 0 Å². The molecule has 0 amide bonds. The van der Waals surface area contributed by atoms with Gasteiger partial charge in [-0.1, -0.05) is 30.3 Å². The molecule has 2 rings (SSSR count). The van der Waals surface area contributed by atoms with Crippen molar-refractivity contribution in [2.24, 2.45) is 5.92 Å². The monoisotopic (exact) mass is 233 g/mol. The quantitative estimate of drug-likeness (QED) is 0.816. The van der Waals surface area contributed by atoms with Gasteiger partial charge in [0.25, 0.3) is 0 Å². The number of aliphatic hydroxyl groups excluding tert-OH is 1. The molecule has 0 saturated heterocycles. The minimum atomic E-state index is -0.329. The predicted octanol–water partition coefficient (Wildman–Crippen LogP) is 2.84. The zero-order valence-electron chi connectivity index (χ0n) is 10.8. The summed E-state index contributed by atoms with van der Waals surface area (Å²) in [4.78, 5) is 2.38. The molecule has 0 aromatic heterocycles. The van der Waals surface area contributed by atoms with Gasteiger partial charge in [-0.25, -0.2) is 0 Å². The standard InChI is InChI=1S/C15H23NO/c1-12(13-8-9-13)16(2)11-10-15(17)14-6-4-3-5-7-14/h3-7,12-13,15,17H,8-11H2,1-2H3. The van der Waals surface area contributed by atoms with Gasteiger partial charge in [-0.15, -0.1) is 0 Å². The average molecular weight is 233 g/mol. The van der Waals surface area contributed by atoms with Gasteiger partial charge < -0.3 is 10.0 Å². The molecule has 0 bridgehead atoms. The molecule has 0 radical (unpaired) electrons. The molecule has 17 heavy (non-hydrogen) atoms. The van der Waals surface area contributed by atoms with Crippen molar-refractivity contribution in [1.82, 2.24) is 4.90 Å². The first-order valence-electron chi connectivity index (χ1n) is 6.61. The first-order chi connectivity index (χ1) is 8.18. The number of rotatable bonds is 6. The second-order valence-corrected chi connectivity index (χ2v) is 5.27. The molecule has 2 heteroatoms. The molecule has 1 aliphatic carbocycles. The second-order valence-electron chi connectivity index (χ2n) is 5.27. The molecular weight excluding hydrogens is 210 g/mol. The topological polar surface area (TPSA) is 23.5 Å². The molecule has 1 saturated carbocycles. The molecule has 2 unspecified atom stereocenters. The van der Waals surface area contributed by atoms with Crippen molar-refractivity contribution in [2.45, 2.75) is 38.3 Å². The highest BCUT2D eigenvalue weighted by Crippen LogP contribution is 2.34. The Morgan fingerprint density at radius 2 is 1.94 bits per heavy atom. The molecule has 1 fully saturated rings. The van der Waals surface area contributed by atoms with Crippen LogP contribution >= 0.6 is 0 Å². The van der Waals surface area contributed by atoms with Crippen molar-refractivity contribution in [3.8, 4) is 0 Å². The van der Waals surface area contributed by atoms with E-state index in [1.54, 1.807) is 0 Å². The van der Waals surface area contributed by atoms with E-state index < -0.39 is 0 Å². The Hall–Kier alpha value is -0.860. The lowest BCUT2D eigenvalue weighted by molar-refractivity contribution is 0.135. The van der Waals surface area contributed by atoms with E-state index in [2.05, 4.69) is 18.9 Å². The van der Waals surface area contributed by atoms with E-state index in [9.17, 15) is 5.11 Å². The van der Waals surface area contributed by atoms with Gasteiger partial charge in [0.1, 0.15) is 0 Å². The van der Waals surface area contributed by atoms with E-state index in [-0.39, 0.29) is 6.10 Å². The fraction of sp³-hybridized carbons (Fsp3) is 0.600. The van der Waals surface area contributed by atoms with Gasteiger partial charge in [-0.2, -0.15) is 0 Å². The molecule has 1 aliphatic rings. The molecule has 0 heterocycles. The molecular formula is C15H23NO. The highest BCUT2D eigenvalue weighted by molar-refractivity contribution is 5.17. The zero-order chi connectivity index (χ0) is 12.3. The van der Waals surface area contributed by atoms with Gasteiger partial charge in [-0.3, -0.25) is 0 Å². The van der Waals surface area contributed by atoms with Gasteiger partial charge in [0.2, 0.25) is 0 Å². The third-order valence-corrected chi connectivity index (χ3v) is 3.94. The van der Waals surface area contributed by atoms with E-state index in [0.717, 1.165) is 24.4 Å². The summed E-state index contributed by atoms with van der Waals surface area (Å²) >= 11 is 0.